The molecule has 9 nitrogen and oxygen atoms in total. The highest BCUT2D eigenvalue weighted by atomic mass is 32.2. The summed E-state index contributed by atoms with van der Waals surface area (Å²) in [5.41, 5.74) is 0.328. The fourth-order valence-electron chi connectivity index (χ4n) is 1.93. The Hall–Kier alpha value is -2.20. The monoisotopic (exact) mass is 342 g/mol. The van der Waals surface area contributed by atoms with Crippen molar-refractivity contribution in [2.75, 3.05) is 44.4 Å². The van der Waals surface area contributed by atoms with E-state index in [1.54, 1.807) is 4.90 Å². The number of morpholine rings is 1. The van der Waals surface area contributed by atoms with Gasteiger partial charge in [-0.05, 0) is 12.1 Å². The van der Waals surface area contributed by atoms with Gasteiger partial charge >= 0.3 is 6.03 Å². The number of pyridine rings is 1. The molecular formula is C13H18N4O5S. The van der Waals surface area contributed by atoms with Gasteiger partial charge in [0.1, 0.15) is 0 Å². The van der Waals surface area contributed by atoms with E-state index in [1.807, 2.05) is 0 Å². The minimum Gasteiger partial charge on any atom is -0.378 e. The molecule has 0 atom stereocenters. The van der Waals surface area contributed by atoms with Gasteiger partial charge in [-0.3, -0.25) is 4.79 Å². The van der Waals surface area contributed by atoms with Gasteiger partial charge < -0.3 is 20.3 Å². The second kappa shape index (κ2) is 7.38. The highest BCUT2D eigenvalue weighted by Gasteiger charge is 2.17. The number of nitrogens with zero attached hydrogens (tertiary/aromatic N) is 2. The highest BCUT2D eigenvalue weighted by Crippen LogP contribution is 2.09. The molecule has 0 radical (unpaired) electrons. The minimum atomic E-state index is -3.38. The van der Waals surface area contributed by atoms with Gasteiger partial charge in [0.15, 0.2) is 14.9 Å². The zero-order chi connectivity index (χ0) is 16.9. The second-order valence-electron chi connectivity index (χ2n) is 4.96. The molecule has 2 N–H and O–H groups in total. The van der Waals surface area contributed by atoms with Crippen LogP contribution >= 0.6 is 0 Å². The van der Waals surface area contributed by atoms with Crippen LogP contribution in [0.5, 0.6) is 0 Å². The summed E-state index contributed by atoms with van der Waals surface area (Å²) in [6.07, 6.45) is 2.28. The lowest BCUT2D eigenvalue weighted by Crippen LogP contribution is -2.46. The molecule has 0 bridgehead atoms. The molecule has 3 amide bonds. The summed E-state index contributed by atoms with van der Waals surface area (Å²) in [4.78, 5) is 28.9. The first-order valence-electron chi connectivity index (χ1n) is 6.93. The first kappa shape index (κ1) is 17.2. The van der Waals surface area contributed by atoms with Crippen LogP contribution in [0.1, 0.15) is 0 Å². The van der Waals surface area contributed by atoms with Crippen molar-refractivity contribution >= 4 is 27.5 Å². The Balaban J connectivity index is 1.81. The van der Waals surface area contributed by atoms with Gasteiger partial charge in [0.05, 0.1) is 31.6 Å². The van der Waals surface area contributed by atoms with Crippen LogP contribution < -0.4 is 10.6 Å². The van der Waals surface area contributed by atoms with Gasteiger partial charge in [-0.25, -0.2) is 18.2 Å². The standard InChI is InChI=1S/C13H18N4O5S/c1-23(20,21)11-3-2-10(8-14-11)16-13(19)15-9-12(18)17-4-6-22-7-5-17/h2-3,8H,4-7,9H2,1H3,(H2,15,16,19). The van der Waals surface area contributed by atoms with E-state index >= 15 is 0 Å². The number of carbonyl (C=O) groups excluding carboxylic acids is 2. The van der Waals surface area contributed by atoms with Crippen LogP contribution in [-0.2, 0) is 19.4 Å². The van der Waals surface area contributed by atoms with Crippen LogP contribution in [0.3, 0.4) is 0 Å². The molecular weight excluding hydrogens is 324 g/mol. The van der Waals surface area contributed by atoms with E-state index in [9.17, 15) is 18.0 Å². The van der Waals surface area contributed by atoms with Crippen LogP contribution in [0.4, 0.5) is 10.5 Å². The van der Waals surface area contributed by atoms with Crippen molar-refractivity contribution in [1.29, 1.82) is 0 Å². The molecule has 23 heavy (non-hydrogen) atoms. The van der Waals surface area contributed by atoms with Crippen molar-refractivity contribution < 1.29 is 22.7 Å². The predicted octanol–water partition coefficient (Wildman–Crippen LogP) is -0.535. The number of carbonyl (C=O) groups is 2. The summed E-state index contributed by atoms with van der Waals surface area (Å²) < 4.78 is 27.7. The number of hydrogen-bond acceptors (Lipinski definition) is 6. The molecule has 0 aromatic carbocycles. The third-order valence-corrected chi connectivity index (χ3v) is 4.14. The molecule has 126 valence electrons. The Morgan fingerprint density at radius 3 is 2.57 bits per heavy atom. The van der Waals surface area contributed by atoms with Crippen molar-refractivity contribution in [3.05, 3.63) is 18.3 Å². The zero-order valence-electron chi connectivity index (χ0n) is 12.6. The lowest BCUT2D eigenvalue weighted by molar-refractivity contribution is -0.134. The van der Waals surface area contributed by atoms with Gasteiger partial charge in [-0.2, -0.15) is 0 Å². The molecule has 2 heterocycles. The van der Waals surface area contributed by atoms with Gasteiger partial charge in [0.25, 0.3) is 0 Å². The Bertz CT molecular complexity index is 668. The number of nitrogens with one attached hydrogen (secondary N) is 2. The van der Waals surface area contributed by atoms with E-state index in [0.29, 0.717) is 32.0 Å². The van der Waals surface area contributed by atoms with Crippen LogP contribution in [-0.4, -0.2) is 69.3 Å². The van der Waals surface area contributed by atoms with E-state index < -0.39 is 15.9 Å². The Labute approximate surface area is 133 Å². The molecule has 1 aliphatic heterocycles. The van der Waals surface area contributed by atoms with Crippen molar-refractivity contribution in [3.8, 4) is 0 Å². The van der Waals surface area contributed by atoms with Crippen LogP contribution in [0.25, 0.3) is 0 Å². The zero-order valence-corrected chi connectivity index (χ0v) is 13.4. The Morgan fingerprint density at radius 2 is 2.00 bits per heavy atom. The van der Waals surface area contributed by atoms with Crippen LogP contribution in [0, 0.1) is 0 Å². The number of urea groups is 1. The molecule has 1 aromatic rings. The van der Waals surface area contributed by atoms with Gasteiger partial charge in [-0.15, -0.1) is 0 Å². The maximum Gasteiger partial charge on any atom is 0.319 e. The number of sulfone groups is 1. The number of amides is 3. The summed E-state index contributed by atoms with van der Waals surface area (Å²) in [6, 6.07) is 2.15. The first-order chi connectivity index (χ1) is 10.9. The Kier molecular flexibility index (Phi) is 5.50. The van der Waals surface area contributed by atoms with Crippen molar-refractivity contribution in [2.24, 2.45) is 0 Å². The second-order valence-corrected chi connectivity index (χ2v) is 6.92. The minimum absolute atomic E-state index is 0.0778. The smallest absolute Gasteiger partial charge is 0.319 e. The summed E-state index contributed by atoms with van der Waals surface area (Å²) >= 11 is 0. The lowest BCUT2D eigenvalue weighted by atomic mass is 10.4. The summed E-state index contributed by atoms with van der Waals surface area (Å²) in [7, 11) is -3.38. The third kappa shape index (κ3) is 5.18. The van der Waals surface area contributed by atoms with Gasteiger partial charge in [0, 0.05) is 19.3 Å². The number of rotatable bonds is 4. The van der Waals surface area contributed by atoms with Gasteiger partial charge in [-0.1, -0.05) is 0 Å². The maximum atomic E-state index is 11.9. The summed E-state index contributed by atoms with van der Waals surface area (Å²) in [6.45, 7) is 1.89. The Morgan fingerprint density at radius 1 is 1.30 bits per heavy atom. The average molecular weight is 342 g/mol. The summed E-state index contributed by atoms with van der Waals surface area (Å²) in [5.74, 6) is -0.186. The molecule has 0 unspecified atom stereocenters. The number of aromatic nitrogens is 1. The highest BCUT2D eigenvalue weighted by molar-refractivity contribution is 7.90. The van der Waals surface area contributed by atoms with Crippen molar-refractivity contribution in [3.63, 3.8) is 0 Å². The maximum absolute atomic E-state index is 11.9. The van der Waals surface area contributed by atoms with Gasteiger partial charge in [0.2, 0.25) is 5.91 Å². The van der Waals surface area contributed by atoms with Crippen molar-refractivity contribution in [1.82, 2.24) is 15.2 Å². The van der Waals surface area contributed by atoms with E-state index in [1.165, 1.54) is 18.3 Å². The molecule has 1 aromatic heterocycles. The van der Waals surface area contributed by atoms with E-state index in [0.717, 1.165) is 6.26 Å². The van der Waals surface area contributed by atoms with Crippen LogP contribution in [0.15, 0.2) is 23.4 Å². The molecule has 0 spiro atoms. The lowest BCUT2D eigenvalue weighted by Gasteiger charge is -2.26. The molecule has 1 fully saturated rings. The first-order valence-corrected chi connectivity index (χ1v) is 8.82. The molecule has 1 saturated heterocycles. The summed E-state index contributed by atoms with van der Waals surface area (Å²) in [5, 5.41) is 4.84. The molecule has 0 aliphatic carbocycles. The quantitative estimate of drug-likeness (QED) is 0.759. The predicted molar refractivity (Wildman–Crippen MR) is 81.8 cm³/mol. The molecule has 10 heteroatoms. The third-order valence-electron chi connectivity index (χ3n) is 3.14. The van der Waals surface area contributed by atoms with E-state index in [2.05, 4.69) is 15.6 Å². The van der Waals surface area contributed by atoms with E-state index in [4.69, 9.17) is 4.74 Å². The normalized spacial score (nSPS) is 15.1. The average Bonchev–Trinajstić information content (AvgIpc) is 2.53. The molecule has 0 saturated carbocycles. The van der Waals surface area contributed by atoms with Crippen molar-refractivity contribution in [2.45, 2.75) is 5.03 Å². The number of ether oxygens (including phenoxy) is 1. The molecule has 1 aliphatic rings. The number of anilines is 1. The SMILES string of the molecule is CS(=O)(=O)c1ccc(NC(=O)NCC(=O)N2CCOCC2)cn1. The fourth-order valence-corrected chi connectivity index (χ4v) is 2.49. The number of hydrogen-bond donors (Lipinski definition) is 2. The topological polar surface area (TPSA) is 118 Å². The van der Waals surface area contributed by atoms with Crippen LogP contribution in [0.2, 0.25) is 0 Å². The fraction of sp³-hybridized carbons (Fsp3) is 0.462. The molecule has 2 rings (SSSR count). The largest absolute Gasteiger partial charge is 0.378 e. The van der Waals surface area contributed by atoms with E-state index in [-0.39, 0.29) is 17.5 Å².